The van der Waals surface area contributed by atoms with Crippen molar-refractivity contribution in [3.8, 4) is 5.75 Å². The highest BCUT2D eigenvalue weighted by molar-refractivity contribution is 7.89. The molecule has 6 nitrogen and oxygen atoms in total. The predicted octanol–water partition coefficient (Wildman–Crippen LogP) is 1.89. The minimum atomic E-state index is -3.64. The van der Waals surface area contributed by atoms with E-state index in [1.165, 1.54) is 10.6 Å². The molecule has 0 saturated carbocycles. The van der Waals surface area contributed by atoms with Gasteiger partial charge in [-0.25, -0.2) is 18.4 Å². The lowest BCUT2D eigenvalue weighted by Gasteiger charge is -2.18. The lowest BCUT2D eigenvalue weighted by atomic mass is 10.2. The van der Waals surface area contributed by atoms with Crippen molar-refractivity contribution in [2.45, 2.75) is 31.8 Å². The zero-order valence-corrected chi connectivity index (χ0v) is 13.3. The summed E-state index contributed by atoms with van der Waals surface area (Å²) in [6.07, 6.45) is 3.10. The van der Waals surface area contributed by atoms with Crippen molar-refractivity contribution in [1.29, 1.82) is 0 Å². The lowest BCUT2D eigenvalue weighted by Crippen LogP contribution is -2.26. The van der Waals surface area contributed by atoms with Gasteiger partial charge in [0.05, 0.1) is 18.8 Å². The fourth-order valence-electron chi connectivity index (χ4n) is 2.47. The normalized spacial score (nSPS) is 14.8. The first kappa shape index (κ1) is 14.9. The maximum Gasteiger partial charge on any atom is 0.247 e. The fraction of sp³-hybridized carbons (Fsp3) is 0.333. The highest BCUT2D eigenvalue weighted by atomic mass is 32.2. The molecule has 0 amide bonds. The summed E-state index contributed by atoms with van der Waals surface area (Å²) in [4.78, 5) is 8.30. The van der Waals surface area contributed by atoms with E-state index in [-0.39, 0.29) is 18.0 Å². The van der Waals surface area contributed by atoms with E-state index in [1.807, 2.05) is 19.9 Å². The number of nitrogens with zero attached hydrogens (tertiary/aromatic N) is 3. The standard InChI is InChI=1S/C15H17N3O3S/c1-3-21-14-5-4-11(2)6-15(14)22(19,20)18-8-12-7-16-10-17-13(12)9-18/h4-7,10H,3,8-9H2,1-2H3. The van der Waals surface area contributed by atoms with Crippen LogP contribution in [0.15, 0.2) is 35.6 Å². The number of sulfonamides is 1. The van der Waals surface area contributed by atoms with Gasteiger partial charge in [0.2, 0.25) is 10.0 Å². The summed E-state index contributed by atoms with van der Waals surface area (Å²) < 4.78 is 32.8. The van der Waals surface area contributed by atoms with Crippen LogP contribution in [0.3, 0.4) is 0 Å². The average molecular weight is 319 g/mol. The Balaban J connectivity index is 2.00. The molecule has 1 aromatic heterocycles. The molecule has 7 heteroatoms. The molecule has 0 saturated heterocycles. The van der Waals surface area contributed by atoms with Crippen molar-refractivity contribution in [3.05, 3.63) is 47.5 Å². The summed E-state index contributed by atoms with van der Waals surface area (Å²) in [7, 11) is -3.64. The number of fused-ring (bicyclic) bond motifs is 1. The minimum Gasteiger partial charge on any atom is -0.492 e. The van der Waals surface area contributed by atoms with E-state index >= 15 is 0 Å². The van der Waals surface area contributed by atoms with Gasteiger partial charge in [0.1, 0.15) is 17.0 Å². The molecule has 0 fully saturated rings. The number of ether oxygens (including phenoxy) is 1. The van der Waals surface area contributed by atoms with E-state index in [2.05, 4.69) is 9.97 Å². The topological polar surface area (TPSA) is 72.4 Å². The summed E-state index contributed by atoms with van der Waals surface area (Å²) in [5, 5.41) is 0. The lowest BCUT2D eigenvalue weighted by molar-refractivity contribution is 0.328. The number of benzene rings is 1. The Hall–Kier alpha value is -1.99. The third-order valence-electron chi connectivity index (χ3n) is 3.57. The second-order valence-corrected chi connectivity index (χ2v) is 7.06. The SMILES string of the molecule is CCOc1ccc(C)cc1S(=O)(=O)N1Cc2cncnc2C1. The Morgan fingerprint density at radius 1 is 1.32 bits per heavy atom. The van der Waals surface area contributed by atoms with Crippen molar-refractivity contribution in [2.75, 3.05) is 6.61 Å². The van der Waals surface area contributed by atoms with Crippen LogP contribution in [-0.2, 0) is 23.1 Å². The molecule has 2 heterocycles. The van der Waals surface area contributed by atoms with Crippen LogP contribution in [0.25, 0.3) is 0 Å². The number of aryl methyl sites for hydroxylation is 1. The van der Waals surface area contributed by atoms with Crippen LogP contribution in [0, 0.1) is 6.92 Å². The van der Waals surface area contributed by atoms with Crippen molar-refractivity contribution in [2.24, 2.45) is 0 Å². The molecular weight excluding hydrogens is 302 g/mol. The molecule has 3 rings (SSSR count). The summed E-state index contributed by atoms with van der Waals surface area (Å²) in [5.41, 5.74) is 2.47. The molecule has 2 aromatic rings. The minimum absolute atomic E-state index is 0.204. The molecule has 1 aliphatic heterocycles. The van der Waals surface area contributed by atoms with Gasteiger partial charge in [0, 0.05) is 18.3 Å². The second-order valence-electron chi connectivity index (χ2n) is 5.15. The number of hydrogen-bond acceptors (Lipinski definition) is 5. The highest BCUT2D eigenvalue weighted by Gasteiger charge is 2.33. The summed E-state index contributed by atoms with van der Waals surface area (Å²) >= 11 is 0. The van der Waals surface area contributed by atoms with Crippen molar-refractivity contribution in [3.63, 3.8) is 0 Å². The zero-order valence-electron chi connectivity index (χ0n) is 12.5. The highest BCUT2D eigenvalue weighted by Crippen LogP contribution is 2.32. The third-order valence-corrected chi connectivity index (χ3v) is 5.38. The van der Waals surface area contributed by atoms with E-state index < -0.39 is 10.0 Å². The third kappa shape index (κ3) is 2.57. The number of hydrogen-bond donors (Lipinski definition) is 0. The van der Waals surface area contributed by atoms with Gasteiger partial charge in [0.15, 0.2) is 0 Å². The second kappa shape index (κ2) is 5.66. The summed E-state index contributed by atoms with van der Waals surface area (Å²) in [5.74, 6) is 0.384. The van der Waals surface area contributed by atoms with E-state index in [0.717, 1.165) is 16.8 Å². The van der Waals surface area contributed by atoms with E-state index in [0.29, 0.717) is 12.4 Å². The van der Waals surface area contributed by atoms with Gasteiger partial charge in [-0.1, -0.05) is 6.07 Å². The van der Waals surface area contributed by atoms with Gasteiger partial charge in [0.25, 0.3) is 0 Å². The Kier molecular flexibility index (Phi) is 3.84. The summed E-state index contributed by atoms with van der Waals surface area (Å²) in [6.45, 7) is 4.66. The maximum atomic E-state index is 12.9. The van der Waals surface area contributed by atoms with Gasteiger partial charge in [-0.15, -0.1) is 0 Å². The molecule has 1 aromatic carbocycles. The summed E-state index contributed by atoms with van der Waals surface area (Å²) in [6, 6.07) is 5.19. The van der Waals surface area contributed by atoms with Gasteiger partial charge in [-0.05, 0) is 31.5 Å². The molecule has 0 aliphatic carbocycles. The van der Waals surface area contributed by atoms with Crippen LogP contribution in [0.4, 0.5) is 0 Å². The smallest absolute Gasteiger partial charge is 0.247 e. The largest absolute Gasteiger partial charge is 0.492 e. The first-order valence-electron chi connectivity index (χ1n) is 7.03. The maximum absolute atomic E-state index is 12.9. The molecule has 116 valence electrons. The molecular formula is C15H17N3O3S. The van der Waals surface area contributed by atoms with E-state index in [1.54, 1.807) is 18.3 Å². The van der Waals surface area contributed by atoms with Crippen molar-refractivity contribution < 1.29 is 13.2 Å². The quantitative estimate of drug-likeness (QED) is 0.860. The Bertz CT molecular complexity index is 780. The first-order chi connectivity index (χ1) is 10.5. The van der Waals surface area contributed by atoms with Crippen LogP contribution in [0.2, 0.25) is 0 Å². The van der Waals surface area contributed by atoms with Crippen molar-refractivity contribution >= 4 is 10.0 Å². The van der Waals surface area contributed by atoms with Crippen LogP contribution >= 0.6 is 0 Å². The molecule has 0 radical (unpaired) electrons. The van der Waals surface area contributed by atoms with Gasteiger partial charge in [-0.2, -0.15) is 4.31 Å². The average Bonchev–Trinajstić information content (AvgIpc) is 2.94. The molecule has 0 atom stereocenters. The molecule has 0 N–H and O–H groups in total. The zero-order chi connectivity index (χ0) is 15.7. The first-order valence-corrected chi connectivity index (χ1v) is 8.47. The number of aromatic nitrogens is 2. The molecule has 1 aliphatic rings. The van der Waals surface area contributed by atoms with Crippen LogP contribution < -0.4 is 4.74 Å². The molecule has 0 bridgehead atoms. The predicted molar refractivity (Wildman–Crippen MR) is 80.8 cm³/mol. The van der Waals surface area contributed by atoms with E-state index in [4.69, 9.17) is 4.74 Å². The monoisotopic (exact) mass is 319 g/mol. The Morgan fingerprint density at radius 3 is 2.86 bits per heavy atom. The van der Waals surface area contributed by atoms with Crippen LogP contribution in [0.1, 0.15) is 23.7 Å². The van der Waals surface area contributed by atoms with Crippen molar-refractivity contribution in [1.82, 2.24) is 14.3 Å². The molecule has 0 spiro atoms. The Morgan fingerprint density at radius 2 is 2.14 bits per heavy atom. The Labute approximate surface area is 129 Å². The van der Waals surface area contributed by atoms with E-state index in [9.17, 15) is 8.42 Å². The van der Waals surface area contributed by atoms with Crippen LogP contribution in [-0.4, -0.2) is 29.3 Å². The van der Waals surface area contributed by atoms with Gasteiger partial charge < -0.3 is 4.74 Å². The van der Waals surface area contributed by atoms with Gasteiger partial charge >= 0.3 is 0 Å². The fourth-order valence-corrected chi connectivity index (χ4v) is 4.07. The van der Waals surface area contributed by atoms with Crippen LogP contribution in [0.5, 0.6) is 5.75 Å². The number of rotatable bonds is 4. The molecule has 0 unspecified atom stereocenters. The molecule has 22 heavy (non-hydrogen) atoms. The van der Waals surface area contributed by atoms with Gasteiger partial charge in [-0.3, -0.25) is 0 Å².